The summed E-state index contributed by atoms with van der Waals surface area (Å²) in [6.45, 7) is 4.93. The lowest BCUT2D eigenvalue weighted by atomic mass is 10.0. The van der Waals surface area contributed by atoms with E-state index in [1.807, 2.05) is 21.1 Å². The molecule has 0 aromatic carbocycles. The number of ether oxygens (including phenoxy) is 4. The highest BCUT2D eigenvalue weighted by molar-refractivity contribution is 5.71. The molecule has 101 heavy (non-hydrogen) atoms. The summed E-state index contributed by atoms with van der Waals surface area (Å²) in [5, 5.41) is 9.79. The van der Waals surface area contributed by atoms with E-state index in [2.05, 4.69) is 74.6 Å². The van der Waals surface area contributed by atoms with Gasteiger partial charge in [-0.1, -0.05) is 415 Å². The molecule has 1 N–H and O–H groups in total. The molecule has 0 rings (SSSR count). The number of esters is 2. The van der Waals surface area contributed by atoms with Gasteiger partial charge in [-0.15, -0.1) is 0 Å². The molecule has 0 bridgehead atoms. The van der Waals surface area contributed by atoms with Crippen LogP contribution in [0, 0.1) is 0 Å². The zero-order valence-electron chi connectivity index (χ0n) is 68.1. The smallest absolute Gasteiger partial charge is 0.361 e. The van der Waals surface area contributed by atoms with Crippen molar-refractivity contribution in [3.05, 3.63) is 60.8 Å². The SMILES string of the molecule is CCCCCCC/C=C\C/C=C\C/C=C\CCCCCCCCCCCCCCCCCCCCCCCCC(=O)OC(COC(=O)CCCCCCCCCCCCCCCCCCCCCCCCCCCCC/C=C\C/C=C\CCCCCCC)COC(OCC[N+](C)(C)C)C(=O)O. The summed E-state index contributed by atoms with van der Waals surface area (Å²) >= 11 is 0. The van der Waals surface area contributed by atoms with Crippen LogP contribution in [0.1, 0.15) is 450 Å². The molecule has 2 unspecified atom stereocenters. The van der Waals surface area contributed by atoms with Gasteiger partial charge in [0, 0.05) is 12.8 Å². The Labute approximate surface area is 628 Å². The van der Waals surface area contributed by atoms with Gasteiger partial charge >= 0.3 is 17.9 Å². The molecule has 0 saturated heterocycles. The number of hydrogen-bond donors (Lipinski definition) is 1. The van der Waals surface area contributed by atoms with E-state index >= 15 is 0 Å². The van der Waals surface area contributed by atoms with Crippen LogP contribution in [-0.4, -0.2) is 87.4 Å². The minimum absolute atomic E-state index is 0.176. The first-order chi connectivity index (χ1) is 49.6. The molecule has 2 atom stereocenters. The molecule has 0 heterocycles. The molecule has 0 spiro atoms. The highest BCUT2D eigenvalue weighted by Crippen LogP contribution is 2.21. The number of rotatable bonds is 84. The largest absolute Gasteiger partial charge is 0.477 e. The summed E-state index contributed by atoms with van der Waals surface area (Å²) in [6, 6.07) is 0. The average Bonchev–Trinajstić information content (AvgIpc) is 1.25. The summed E-state index contributed by atoms with van der Waals surface area (Å²) in [6.07, 6.45) is 108. The third kappa shape index (κ3) is 84.1. The van der Waals surface area contributed by atoms with Crippen molar-refractivity contribution in [2.45, 2.75) is 463 Å². The number of allylic oxidation sites excluding steroid dienone is 10. The predicted octanol–water partition coefficient (Wildman–Crippen LogP) is 28.9. The molecule has 0 fully saturated rings. The summed E-state index contributed by atoms with van der Waals surface area (Å²) in [5.41, 5.74) is 0. The van der Waals surface area contributed by atoms with Gasteiger partial charge in [0.25, 0.3) is 6.29 Å². The maximum absolute atomic E-state index is 13.0. The summed E-state index contributed by atoms with van der Waals surface area (Å²) in [5.74, 6) is -1.97. The Morgan fingerprint density at radius 3 is 0.792 bits per heavy atom. The number of quaternary nitrogens is 1. The monoisotopic (exact) mass is 1420 g/mol. The van der Waals surface area contributed by atoms with Crippen LogP contribution in [0.5, 0.6) is 0 Å². The van der Waals surface area contributed by atoms with Gasteiger partial charge in [-0.25, -0.2) is 4.79 Å². The number of aliphatic carboxylic acids is 1. The van der Waals surface area contributed by atoms with Gasteiger partial charge in [0.15, 0.2) is 6.10 Å². The Hall–Kier alpha value is -3.01. The van der Waals surface area contributed by atoms with Crippen LogP contribution in [0.3, 0.4) is 0 Å². The summed E-state index contributed by atoms with van der Waals surface area (Å²) in [7, 11) is 6.00. The lowest BCUT2D eigenvalue weighted by Gasteiger charge is -2.25. The fraction of sp³-hybridized carbons (Fsp3) is 0.859. The Morgan fingerprint density at radius 2 is 0.535 bits per heavy atom. The number of unbranched alkanes of at least 4 members (excludes halogenated alkanes) is 59. The number of carbonyl (C=O) groups excluding carboxylic acids is 2. The zero-order chi connectivity index (χ0) is 73.2. The second kappa shape index (κ2) is 82.6. The van der Waals surface area contributed by atoms with Crippen molar-refractivity contribution in [2.75, 3.05) is 47.5 Å². The Balaban J connectivity index is 3.91. The number of hydrogen-bond acceptors (Lipinski definition) is 7. The zero-order valence-corrected chi connectivity index (χ0v) is 68.1. The molecule has 0 radical (unpaired) electrons. The molecule has 592 valence electrons. The topological polar surface area (TPSA) is 108 Å². The first-order valence-corrected chi connectivity index (χ1v) is 44.5. The van der Waals surface area contributed by atoms with E-state index in [1.54, 1.807) is 0 Å². The van der Waals surface area contributed by atoms with Crippen LogP contribution in [0.15, 0.2) is 60.8 Å². The minimum Gasteiger partial charge on any atom is -0.477 e. The van der Waals surface area contributed by atoms with E-state index in [-0.39, 0.29) is 38.2 Å². The van der Waals surface area contributed by atoms with Crippen LogP contribution in [0.2, 0.25) is 0 Å². The Bertz CT molecular complexity index is 1850. The first-order valence-electron chi connectivity index (χ1n) is 44.5. The molecule has 0 aromatic heterocycles. The lowest BCUT2D eigenvalue weighted by molar-refractivity contribution is -0.870. The van der Waals surface area contributed by atoms with Gasteiger partial charge in [0.2, 0.25) is 0 Å². The maximum Gasteiger partial charge on any atom is 0.361 e. The second-order valence-corrected chi connectivity index (χ2v) is 31.6. The quantitative estimate of drug-likeness (QED) is 0.0211. The van der Waals surface area contributed by atoms with E-state index in [9.17, 15) is 19.5 Å². The summed E-state index contributed by atoms with van der Waals surface area (Å²) < 4.78 is 23.1. The van der Waals surface area contributed by atoms with E-state index in [0.717, 1.165) is 57.8 Å². The number of carboxylic acids is 1. The van der Waals surface area contributed by atoms with Gasteiger partial charge in [-0.3, -0.25) is 9.59 Å². The summed E-state index contributed by atoms with van der Waals surface area (Å²) in [4.78, 5) is 37.8. The molecule has 0 aliphatic carbocycles. The van der Waals surface area contributed by atoms with E-state index < -0.39 is 18.4 Å². The van der Waals surface area contributed by atoms with Crippen molar-refractivity contribution in [1.29, 1.82) is 0 Å². The van der Waals surface area contributed by atoms with Crippen molar-refractivity contribution < 1.29 is 42.9 Å². The van der Waals surface area contributed by atoms with Gasteiger partial charge in [-0.05, 0) is 83.5 Å². The van der Waals surface area contributed by atoms with Gasteiger partial charge in [-0.2, -0.15) is 0 Å². The van der Waals surface area contributed by atoms with Crippen LogP contribution in [0.25, 0.3) is 0 Å². The number of likely N-dealkylation sites (N-methyl/N-ethyl adjacent to an activating group) is 1. The van der Waals surface area contributed by atoms with Gasteiger partial charge < -0.3 is 28.5 Å². The molecule has 9 heteroatoms. The van der Waals surface area contributed by atoms with Crippen molar-refractivity contribution in [3.63, 3.8) is 0 Å². The molecule has 9 nitrogen and oxygen atoms in total. The number of nitrogens with zero attached hydrogens (tertiary/aromatic N) is 1. The molecule has 0 amide bonds. The molecular formula is C92H172NO8+. The average molecular weight is 1420 g/mol. The highest BCUT2D eigenvalue weighted by Gasteiger charge is 2.25. The van der Waals surface area contributed by atoms with E-state index in [1.165, 1.54) is 366 Å². The second-order valence-electron chi connectivity index (χ2n) is 31.6. The van der Waals surface area contributed by atoms with Crippen molar-refractivity contribution in [1.82, 2.24) is 0 Å². The third-order valence-corrected chi connectivity index (χ3v) is 20.2. The molecule has 0 aromatic rings. The van der Waals surface area contributed by atoms with Crippen molar-refractivity contribution in [3.8, 4) is 0 Å². The van der Waals surface area contributed by atoms with E-state index in [0.29, 0.717) is 17.4 Å². The van der Waals surface area contributed by atoms with Crippen LogP contribution < -0.4 is 0 Å². The van der Waals surface area contributed by atoms with Crippen LogP contribution in [-0.2, 0) is 33.3 Å². The Kier molecular flexibility index (Phi) is 80.2. The molecule has 0 aliphatic rings. The van der Waals surface area contributed by atoms with Crippen LogP contribution >= 0.6 is 0 Å². The molecule has 0 aliphatic heterocycles. The number of carboxylic acid groups (broad SMARTS) is 1. The van der Waals surface area contributed by atoms with Crippen molar-refractivity contribution in [2.24, 2.45) is 0 Å². The van der Waals surface area contributed by atoms with Gasteiger partial charge in [0.1, 0.15) is 13.2 Å². The van der Waals surface area contributed by atoms with Gasteiger partial charge in [0.05, 0.1) is 34.4 Å². The first kappa shape index (κ1) is 98.0. The standard InChI is InChI=1S/C92H171NO8/c1-6-8-10-12-14-16-18-20-22-24-26-28-30-32-34-36-38-40-42-44-45-47-48-50-52-54-56-58-60-62-64-66-68-70-72-74-76-78-80-82-89(94)99-86-88(87-100-92(91(96)97)98-85-84-93(3,4)5)101-90(95)83-81-79-77-75-73-71-69-67-65-63-61-59-57-55-53-51-49-46-43-41-39-37-35-33-31-29-27-25-23-21-19-17-15-13-11-9-7-2/h18-21,24-27,31,33,88,92H,6-17,22-23,28-30,32,34-87H2,1-5H3/p+1/b20-18-,21-19-,26-24-,27-25-,33-31-. The number of carbonyl (C=O) groups is 3. The predicted molar refractivity (Wildman–Crippen MR) is 438 cm³/mol. The van der Waals surface area contributed by atoms with Crippen LogP contribution in [0.4, 0.5) is 0 Å². The fourth-order valence-electron chi connectivity index (χ4n) is 13.5. The molecular weight excluding hydrogens is 1250 g/mol. The highest BCUT2D eigenvalue weighted by atomic mass is 16.7. The Morgan fingerprint density at radius 1 is 0.297 bits per heavy atom. The normalized spacial score (nSPS) is 12.8. The van der Waals surface area contributed by atoms with E-state index in [4.69, 9.17) is 18.9 Å². The lowest BCUT2D eigenvalue weighted by Crippen LogP contribution is -2.40. The molecule has 0 saturated carbocycles. The minimum atomic E-state index is -1.51. The maximum atomic E-state index is 13.0. The third-order valence-electron chi connectivity index (χ3n) is 20.2. The van der Waals surface area contributed by atoms with Crippen molar-refractivity contribution >= 4 is 17.9 Å². The fourth-order valence-corrected chi connectivity index (χ4v) is 13.5.